The molecule has 1 aromatic heterocycles. The van der Waals surface area contributed by atoms with Gasteiger partial charge in [-0.05, 0) is 30.9 Å². The first-order valence-electron chi connectivity index (χ1n) is 9.03. The summed E-state index contributed by atoms with van der Waals surface area (Å²) >= 11 is 0. The van der Waals surface area contributed by atoms with Crippen molar-refractivity contribution >= 4 is 16.9 Å². The average Bonchev–Trinajstić information content (AvgIpc) is 3.37. The van der Waals surface area contributed by atoms with Gasteiger partial charge >= 0.3 is 0 Å². The molecule has 3 rings (SSSR count). The molecule has 1 amide bonds. The predicted molar refractivity (Wildman–Crippen MR) is 94.8 cm³/mol. The van der Waals surface area contributed by atoms with E-state index in [-0.39, 0.29) is 18.4 Å². The van der Waals surface area contributed by atoms with Crippen LogP contribution in [0.3, 0.4) is 0 Å². The average molecular weight is 329 g/mol. The molecular formula is C19H27N3O2. The maximum Gasteiger partial charge on any atom is 0.240 e. The minimum Gasteiger partial charge on any atom is -0.391 e. The Bertz CT molecular complexity index is 702. The molecule has 24 heavy (non-hydrogen) atoms. The van der Waals surface area contributed by atoms with Gasteiger partial charge < -0.3 is 15.0 Å². The standard InChI is InChI=1S/C19H27N3O2/c1-3-13(4-2)17(23)11-20-18(24)12-22-16-8-6-5-7-15(16)21-19(22)14-9-10-14/h5-8,13-14,17,23H,3-4,9-12H2,1-2H3,(H,20,24). The summed E-state index contributed by atoms with van der Waals surface area (Å²) in [6, 6.07) is 7.96. The number of carbonyl (C=O) groups excluding carboxylic acids is 1. The van der Waals surface area contributed by atoms with Gasteiger partial charge in [0.25, 0.3) is 0 Å². The molecule has 2 N–H and O–H groups in total. The third-order valence-electron chi connectivity index (χ3n) is 5.03. The van der Waals surface area contributed by atoms with E-state index in [0.29, 0.717) is 12.5 Å². The van der Waals surface area contributed by atoms with Crippen molar-refractivity contribution in [3.05, 3.63) is 30.1 Å². The second-order valence-electron chi connectivity index (χ2n) is 6.77. The fourth-order valence-electron chi connectivity index (χ4n) is 3.33. The van der Waals surface area contributed by atoms with Crippen molar-refractivity contribution in [3.8, 4) is 0 Å². The molecule has 0 aliphatic heterocycles. The van der Waals surface area contributed by atoms with Crippen LogP contribution in [-0.2, 0) is 11.3 Å². The van der Waals surface area contributed by atoms with Gasteiger partial charge in [-0.25, -0.2) is 4.98 Å². The van der Waals surface area contributed by atoms with Crippen LogP contribution in [-0.4, -0.2) is 33.2 Å². The van der Waals surface area contributed by atoms with Gasteiger partial charge in [-0.15, -0.1) is 0 Å². The van der Waals surface area contributed by atoms with Gasteiger partial charge in [0.05, 0.1) is 17.1 Å². The van der Waals surface area contributed by atoms with E-state index in [1.165, 1.54) is 0 Å². The highest BCUT2D eigenvalue weighted by atomic mass is 16.3. The predicted octanol–water partition coefficient (Wildman–Crippen LogP) is 2.83. The fourth-order valence-corrected chi connectivity index (χ4v) is 3.33. The van der Waals surface area contributed by atoms with E-state index in [1.807, 2.05) is 28.8 Å². The van der Waals surface area contributed by atoms with Gasteiger partial charge in [0.15, 0.2) is 0 Å². The van der Waals surface area contributed by atoms with E-state index in [0.717, 1.165) is 42.5 Å². The Kier molecular flexibility index (Phi) is 5.19. The normalized spacial score (nSPS) is 15.8. The molecule has 0 radical (unpaired) electrons. The number of hydrogen-bond acceptors (Lipinski definition) is 3. The number of aliphatic hydroxyl groups is 1. The quantitative estimate of drug-likeness (QED) is 0.782. The summed E-state index contributed by atoms with van der Waals surface area (Å²) < 4.78 is 2.03. The largest absolute Gasteiger partial charge is 0.391 e. The lowest BCUT2D eigenvalue weighted by Crippen LogP contribution is -2.37. The highest BCUT2D eigenvalue weighted by Crippen LogP contribution is 2.40. The van der Waals surface area contributed by atoms with Crippen molar-refractivity contribution in [1.29, 1.82) is 0 Å². The second kappa shape index (κ2) is 7.34. The Morgan fingerprint density at radius 1 is 1.33 bits per heavy atom. The van der Waals surface area contributed by atoms with Crippen LogP contribution in [0.5, 0.6) is 0 Å². The number of aliphatic hydroxyl groups excluding tert-OH is 1. The number of rotatable bonds is 8. The summed E-state index contributed by atoms with van der Waals surface area (Å²) in [6.07, 6.45) is 3.67. The molecule has 1 saturated carbocycles. The molecule has 1 aliphatic carbocycles. The fraction of sp³-hybridized carbons (Fsp3) is 0.579. The molecule has 5 heteroatoms. The minimum absolute atomic E-state index is 0.0648. The molecule has 0 saturated heterocycles. The van der Waals surface area contributed by atoms with Gasteiger partial charge in [0.2, 0.25) is 5.91 Å². The van der Waals surface area contributed by atoms with Crippen LogP contribution in [0.25, 0.3) is 11.0 Å². The van der Waals surface area contributed by atoms with Gasteiger partial charge in [-0.3, -0.25) is 4.79 Å². The molecule has 1 heterocycles. The van der Waals surface area contributed by atoms with Crippen molar-refractivity contribution in [3.63, 3.8) is 0 Å². The molecule has 1 unspecified atom stereocenters. The van der Waals surface area contributed by atoms with E-state index >= 15 is 0 Å². The van der Waals surface area contributed by atoms with Crippen LogP contribution >= 0.6 is 0 Å². The van der Waals surface area contributed by atoms with Crippen molar-refractivity contribution in [2.24, 2.45) is 5.92 Å². The molecule has 1 aromatic carbocycles. The number of nitrogens with one attached hydrogen (secondary N) is 1. The zero-order valence-corrected chi connectivity index (χ0v) is 14.5. The monoisotopic (exact) mass is 329 g/mol. The smallest absolute Gasteiger partial charge is 0.240 e. The van der Waals surface area contributed by atoms with E-state index < -0.39 is 6.10 Å². The lowest BCUT2D eigenvalue weighted by Gasteiger charge is -2.20. The molecule has 0 spiro atoms. The Morgan fingerprint density at radius 2 is 2.04 bits per heavy atom. The number of para-hydroxylation sites is 2. The van der Waals surface area contributed by atoms with E-state index in [9.17, 15) is 9.90 Å². The highest BCUT2D eigenvalue weighted by molar-refractivity contribution is 5.81. The third-order valence-corrected chi connectivity index (χ3v) is 5.03. The maximum absolute atomic E-state index is 12.4. The first-order chi connectivity index (χ1) is 11.6. The summed E-state index contributed by atoms with van der Waals surface area (Å²) in [6.45, 7) is 4.72. The number of aromatic nitrogens is 2. The zero-order valence-electron chi connectivity index (χ0n) is 14.5. The van der Waals surface area contributed by atoms with Crippen molar-refractivity contribution < 1.29 is 9.90 Å². The number of carbonyl (C=O) groups is 1. The van der Waals surface area contributed by atoms with E-state index in [2.05, 4.69) is 19.2 Å². The van der Waals surface area contributed by atoms with Crippen LogP contribution in [0.1, 0.15) is 51.3 Å². The lowest BCUT2D eigenvalue weighted by molar-refractivity contribution is -0.122. The topological polar surface area (TPSA) is 67.2 Å². The summed E-state index contributed by atoms with van der Waals surface area (Å²) in [7, 11) is 0. The third kappa shape index (κ3) is 3.61. The summed E-state index contributed by atoms with van der Waals surface area (Å²) in [5, 5.41) is 13.1. The number of hydrogen-bond donors (Lipinski definition) is 2. The minimum atomic E-state index is -0.480. The summed E-state index contributed by atoms with van der Waals surface area (Å²) in [5.74, 6) is 1.68. The van der Waals surface area contributed by atoms with Crippen LogP contribution < -0.4 is 5.32 Å². The highest BCUT2D eigenvalue weighted by Gasteiger charge is 2.30. The SMILES string of the molecule is CCC(CC)C(O)CNC(=O)Cn1c(C2CC2)nc2ccccc21. The Morgan fingerprint density at radius 3 is 2.71 bits per heavy atom. The van der Waals surface area contributed by atoms with Crippen LogP contribution in [0.2, 0.25) is 0 Å². The Balaban J connectivity index is 1.68. The zero-order chi connectivity index (χ0) is 17.1. The van der Waals surface area contributed by atoms with Crippen molar-refractivity contribution in [2.45, 2.75) is 58.1 Å². The van der Waals surface area contributed by atoms with Gasteiger partial charge in [-0.2, -0.15) is 0 Å². The number of nitrogens with zero attached hydrogens (tertiary/aromatic N) is 2. The van der Waals surface area contributed by atoms with E-state index in [4.69, 9.17) is 4.98 Å². The molecule has 1 fully saturated rings. The first kappa shape index (κ1) is 17.0. The lowest BCUT2D eigenvalue weighted by atomic mass is 9.96. The number of benzene rings is 1. The molecule has 2 aromatic rings. The van der Waals surface area contributed by atoms with Crippen LogP contribution in [0.4, 0.5) is 0 Å². The van der Waals surface area contributed by atoms with Crippen molar-refractivity contribution in [1.82, 2.24) is 14.9 Å². The Hall–Kier alpha value is -1.88. The maximum atomic E-state index is 12.4. The molecular weight excluding hydrogens is 302 g/mol. The van der Waals surface area contributed by atoms with Gasteiger partial charge in [0.1, 0.15) is 12.4 Å². The molecule has 1 atom stereocenters. The molecule has 130 valence electrons. The van der Waals surface area contributed by atoms with Gasteiger partial charge in [-0.1, -0.05) is 38.8 Å². The van der Waals surface area contributed by atoms with Crippen LogP contribution in [0, 0.1) is 5.92 Å². The van der Waals surface area contributed by atoms with Crippen LogP contribution in [0.15, 0.2) is 24.3 Å². The molecule has 1 aliphatic rings. The Labute approximate surface area is 143 Å². The second-order valence-corrected chi connectivity index (χ2v) is 6.77. The summed E-state index contributed by atoms with van der Waals surface area (Å²) in [4.78, 5) is 17.1. The summed E-state index contributed by atoms with van der Waals surface area (Å²) in [5.41, 5.74) is 1.96. The first-order valence-corrected chi connectivity index (χ1v) is 9.03. The number of fused-ring (bicyclic) bond motifs is 1. The number of amides is 1. The molecule has 0 bridgehead atoms. The van der Waals surface area contributed by atoms with E-state index in [1.54, 1.807) is 0 Å². The van der Waals surface area contributed by atoms with Crippen molar-refractivity contribution in [2.75, 3.05) is 6.54 Å². The molecule has 5 nitrogen and oxygen atoms in total. The van der Waals surface area contributed by atoms with Gasteiger partial charge in [0, 0.05) is 12.5 Å². The number of imidazole rings is 1.